The van der Waals surface area contributed by atoms with Gasteiger partial charge in [0.15, 0.2) is 0 Å². The highest BCUT2D eigenvalue weighted by molar-refractivity contribution is 5.80. The van der Waals surface area contributed by atoms with Crippen molar-refractivity contribution in [3.05, 3.63) is 0 Å². The van der Waals surface area contributed by atoms with Crippen LogP contribution in [0.15, 0.2) is 0 Å². The molecule has 4 heteroatoms. The van der Waals surface area contributed by atoms with E-state index in [4.69, 9.17) is 5.11 Å². The van der Waals surface area contributed by atoms with E-state index in [1.54, 1.807) is 0 Å². The Balaban J connectivity index is 1.92. The second kappa shape index (κ2) is 6.40. The average Bonchev–Trinajstić information content (AvgIpc) is 3.21. The molecule has 0 aromatic rings. The molecule has 0 spiro atoms. The van der Waals surface area contributed by atoms with E-state index in [1.165, 1.54) is 12.8 Å². The second-order valence-electron chi connectivity index (χ2n) is 6.13. The lowest BCUT2D eigenvalue weighted by Gasteiger charge is -2.31. The number of aliphatic carboxylic acids is 1. The Hall–Kier alpha value is -1.06. The highest BCUT2D eigenvalue weighted by Gasteiger charge is 2.34. The van der Waals surface area contributed by atoms with Gasteiger partial charge in [-0.05, 0) is 44.4 Å². The molecule has 0 aliphatic heterocycles. The van der Waals surface area contributed by atoms with Crippen molar-refractivity contribution >= 4 is 11.9 Å². The Morgan fingerprint density at radius 2 is 1.84 bits per heavy atom. The second-order valence-corrected chi connectivity index (χ2v) is 6.13. The first kappa shape index (κ1) is 14.4. The maximum absolute atomic E-state index is 12.6. The molecule has 2 aliphatic carbocycles. The van der Waals surface area contributed by atoms with Gasteiger partial charge in [-0.3, -0.25) is 9.59 Å². The Bertz CT molecular complexity index is 338. The molecular weight excluding hydrogens is 242 g/mol. The third kappa shape index (κ3) is 3.95. The summed E-state index contributed by atoms with van der Waals surface area (Å²) < 4.78 is 0. The van der Waals surface area contributed by atoms with Crippen LogP contribution in [0.3, 0.4) is 0 Å². The summed E-state index contributed by atoms with van der Waals surface area (Å²) in [6.07, 6.45) is 6.48. The third-order valence-electron chi connectivity index (χ3n) is 4.35. The molecule has 0 aromatic heterocycles. The van der Waals surface area contributed by atoms with Crippen LogP contribution in [-0.4, -0.2) is 35.0 Å². The molecule has 0 aromatic carbocycles. The Morgan fingerprint density at radius 1 is 1.16 bits per heavy atom. The van der Waals surface area contributed by atoms with Gasteiger partial charge in [-0.25, -0.2) is 0 Å². The quantitative estimate of drug-likeness (QED) is 0.804. The molecule has 1 N–H and O–H groups in total. The molecule has 4 nitrogen and oxygen atoms in total. The summed E-state index contributed by atoms with van der Waals surface area (Å²) in [7, 11) is 0. The predicted octanol–water partition coefficient (Wildman–Crippen LogP) is 2.53. The standard InChI is InChI=1S/C15H25NO3/c1-2-8-16(10-11-6-7-11)14(17)12-4-3-5-13(9-12)15(18)19/h11-13H,2-10H2,1H3,(H,18,19). The maximum Gasteiger partial charge on any atom is 0.306 e. The van der Waals surface area contributed by atoms with E-state index in [1.807, 2.05) is 4.90 Å². The molecule has 2 atom stereocenters. The van der Waals surface area contributed by atoms with Crippen LogP contribution in [0.4, 0.5) is 0 Å². The van der Waals surface area contributed by atoms with Gasteiger partial charge in [0, 0.05) is 19.0 Å². The topological polar surface area (TPSA) is 57.6 Å². The molecule has 108 valence electrons. The van der Waals surface area contributed by atoms with Gasteiger partial charge in [-0.15, -0.1) is 0 Å². The van der Waals surface area contributed by atoms with Gasteiger partial charge >= 0.3 is 5.97 Å². The van der Waals surface area contributed by atoms with Crippen molar-refractivity contribution in [3.63, 3.8) is 0 Å². The summed E-state index contributed by atoms with van der Waals surface area (Å²) in [5.74, 6) is -0.192. The van der Waals surface area contributed by atoms with Gasteiger partial charge in [-0.2, -0.15) is 0 Å². The van der Waals surface area contributed by atoms with E-state index in [-0.39, 0.29) is 17.7 Å². The number of hydrogen-bond acceptors (Lipinski definition) is 2. The molecule has 1 amide bonds. The summed E-state index contributed by atoms with van der Waals surface area (Å²) >= 11 is 0. The number of nitrogens with zero attached hydrogens (tertiary/aromatic N) is 1. The summed E-state index contributed by atoms with van der Waals surface area (Å²) in [5.41, 5.74) is 0. The van der Waals surface area contributed by atoms with E-state index in [0.29, 0.717) is 12.3 Å². The van der Waals surface area contributed by atoms with Crippen LogP contribution in [-0.2, 0) is 9.59 Å². The van der Waals surface area contributed by atoms with Gasteiger partial charge in [-0.1, -0.05) is 13.3 Å². The van der Waals surface area contributed by atoms with Crippen LogP contribution in [0.25, 0.3) is 0 Å². The third-order valence-corrected chi connectivity index (χ3v) is 4.35. The highest BCUT2D eigenvalue weighted by atomic mass is 16.4. The molecule has 0 saturated heterocycles. The van der Waals surface area contributed by atoms with Crippen molar-refractivity contribution in [3.8, 4) is 0 Å². The number of hydrogen-bond donors (Lipinski definition) is 1. The Kier molecular flexibility index (Phi) is 4.83. The van der Waals surface area contributed by atoms with Crippen molar-refractivity contribution in [1.29, 1.82) is 0 Å². The van der Waals surface area contributed by atoms with Crippen molar-refractivity contribution in [2.75, 3.05) is 13.1 Å². The first-order valence-corrected chi connectivity index (χ1v) is 7.63. The van der Waals surface area contributed by atoms with Gasteiger partial charge in [0.1, 0.15) is 0 Å². The van der Waals surface area contributed by atoms with E-state index < -0.39 is 5.97 Å². The molecular formula is C15H25NO3. The van der Waals surface area contributed by atoms with Crippen LogP contribution in [0.1, 0.15) is 51.9 Å². The number of amides is 1. The Morgan fingerprint density at radius 3 is 2.42 bits per heavy atom. The smallest absolute Gasteiger partial charge is 0.306 e. The molecule has 2 rings (SSSR count). The minimum Gasteiger partial charge on any atom is -0.481 e. The predicted molar refractivity (Wildman–Crippen MR) is 72.7 cm³/mol. The van der Waals surface area contributed by atoms with Crippen molar-refractivity contribution in [2.24, 2.45) is 17.8 Å². The summed E-state index contributed by atoms with van der Waals surface area (Å²) in [4.78, 5) is 25.6. The molecule has 2 unspecified atom stereocenters. The van der Waals surface area contributed by atoms with Crippen molar-refractivity contribution in [2.45, 2.75) is 51.9 Å². The minimum atomic E-state index is -0.735. The minimum absolute atomic E-state index is 0.0554. The van der Waals surface area contributed by atoms with E-state index in [2.05, 4.69) is 6.92 Å². The normalized spacial score (nSPS) is 27.0. The molecule has 19 heavy (non-hydrogen) atoms. The van der Waals surface area contributed by atoms with Crippen LogP contribution in [0.2, 0.25) is 0 Å². The van der Waals surface area contributed by atoms with Gasteiger partial charge < -0.3 is 10.0 Å². The van der Waals surface area contributed by atoms with Crippen LogP contribution in [0.5, 0.6) is 0 Å². The van der Waals surface area contributed by atoms with Crippen molar-refractivity contribution in [1.82, 2.24) is 4.90 Å². The lowest BCUT2D eigenvalue weighted by Crippen LogP contribution is -2.40. The lowest BCUT2D eigenvalue weighted by molar-refractivity contribution is -0.145. The zero-order valence-corrected chi connectivity index (χ0v) is 11.8. The number of carbonyl (C=O) groups excluding carboxylic acids is 1. The molecule has 0 bridgehead atoms. The van der Waals surface area contributed by atoms with E-state index in [0.717, 1.165) is 38.8 Å². The fourth-order valence-corrected chi connectivity index (χ4v) is 3.07. The summed E-state index contributed by atoms with van der Waals surface area (Å²) in [6, 6.07) is 0. The van der Waals surface area contributed by atoms with E-state index >= 15 is 0 Å². The van der Waals surface area contributed by atoms with Crippen molar-refractivity contribution < 1.29 is 14.7 Å². The largest absolute Gasteiger partial charge is 0.481 e. The first-order valence-electron chi connectivity index (χ1n) is 7.63. The van der Waals surface area contributed by atoms with Gasteiger partial charge in [0.25, 0.3) is 0 Å². The number of carboxylic acids is 1. The molecule has 0 radical (unpaired) electrons. The summed E-state index contributed by atoms with van der Waals surface area (Å²) in [6.45, 7) is 3.80. The number of rotatable bonds is 6. The average molecular weight is 267 g/mol. The van der Waals surface area contributed by atoms with Crippen LogP contribution in [0, 0.1) is 17.8 Å². The van der Waals surface area contributed by atoms with Gasteiger partial charge in [0.2, 0.25) is 5.91 Å². The first-order chi connectivity index (χ1) is 9.11. The lowest BCUT2D eigenvalue weighted by atomic mass is 9.80. The van der Waals surface area contributed by atoms with E-state index in [9.17, 15) is 9.59 Å². The molecule has 0 heterocycles. The monoisotopic (exact) mass is 267 g/mol. The molecule has 2 fully saturated rings. The zero-order chi connectivity index (χ0) is 13.8. The van der Waals surface area contributed by atoms with Gasteiger partial charge in [0.05, 0.1) is 5.92 Å². The number of carboxylic acid groups (broad SMARTS) is 1. The fraction of sp³-hybridized carbons (Fsp3) is 0.867. The van der Waals surface area contributed by atoms with Crippen LogP contribution >= 0.6 is 0 Å². The highest BCUT2D eigenvalue weighted by Crippen LogP contribution is 2.33. The Labute approximate surface area is 115 Å². The maximum atomic E-state index is 12.6. The molecule has 2 aliphatic rings. The SMILES string of the molecule is CCCN(CC1CC1)C(=O)C1CCCC(C(=O)O)C1. The van der Waals surface area contributed by atoms with Crippen LogP contribution < -0.4 is 0 Å². The fourth-order valence-electron chi connectivity index (χ4n) is 3.07. The number of carbonyl (C=O) groups is 2. The zero-order valence-electron chi connectivity index (χ0n) is 11.8. The molecule has 2 saturated carbocycles. The summed E-state index contributed by atoms with van der Waals surface area (Å²) in [5, 5.41) is 9.11.